The van der Waals surface area contributed by atoms with Crippen LogP contribution in [0.4, 0.5) is 0 Å². The number of hydrazone groups is 1. The lowest BCUT2D eigenvalue weighted by molar-refractivity contribution is -0.120. The summed E-state index contributed by atoms with van der Waals surface area (Å²) in [6, 6.07) is 18.0. The van der Waals surface area contributed by atoms with E-state index in [2.05, 4.69) is 31.8 Å². The van der Waals surface area contributed by atoms with Gasteiger partial charge in [0.15, 0.2) is 11.5 Å². The smallest absolute Gasteiger partial charge is 0.251 e. The Balaban J connectivity index is 1.52. The van der Waals surface area contributed by atoms with Gasteiger partial charge in [-0.1, -0.05) is 53.5 Å². The van der Waals surface area contributed by atoms with E-state index in [-0.39, 0.29) is 29.8 Å². The van der Waals surface area contributed by atoms with Crippen molar-refractivity contribution in [1.82, 2.24) is 10.7 Å². The number of amides is 2. The van der Waals surface area contributed by atoms with Gasteiger partial charge in [-0.05, 0) is 64.3 Å². The fraction of sp³-hybridized carbons (Fsp3) is 0.192. The highest BCUT2D eigenvalue weighted by atomic mass is 79.9. The Morgan fingerprint density at radius 2 is 1.81 bits per heavy atom. The number of halogens is 3. The molecule has 0 aliphatic heterocycles. The fourth-order valence-electron chi connectivity index (χ4n) is 3.06. The second-order valence-electron chi connectivity index (χ2n) is 7.47. The molecule has 0 unspecified atom stereocenters. The number of rotatable bonds is 11. The lowest BCUT2D eigenvalue weighted by atomic mass is 10.2. The van der Waals surface area contributed by atoms with Gasteiger partial charge < -0.3 is 14.8 Å². The number of nitrogens with zero attached hydrogens (tertiary/aromatic N) is 1. The molecule has 3 aromatic rings. The highest BCUT2D eigenvalue weighted by Gasteiger charge is 2.13. The Bertz CT molecular complexity index is 1240. The molecule has 10 heteroatoms. The Hall–Kier alpha value is -3.07. The molecule has 0 aromatic heterocycles. The van der Waals surface area contributed by atoms with Crippen molar-refractivity contribution in [2.75, 3.05) is 13.2 Å². The predicted octanol–water partition coefficient (Wildman–Crippen LogP) is 6.00. The van der Waals surface area contributed by atoms with Gasteiger partial charge in [0.2, 0.25) is 5.91 Å². The van der Waals surface area contributed by atoms with Crippen LogP contribution in [-0.4, -0.2) is 31.2 Å². The van der Waals surface area contributed by atoms with Crippen molar-refractivity contribution in [1.29, 1.82) is 0 Å². The molecule has 0 spiro atoms. The van der Waals surface area contributed by atoms with Gasteiger partial charge >= 0.3 is 0 Å². The highest BCUT2D eigenvalue weighted by molar-refractivity contribution is 9.10. The quantitative estimate of drug-likeness (QED) is 0.211. The van der Waals surface area contributed by atoms with Crippen LogP contribution >= 0.6 is 39.1 Å². The van der Waals surface area contributed by atoms with E-state index in [0.717, 1.165) is 5.56 Å². The summed E-state index contributed by atoms with van der Waals surface area (Å²) < 4.78 is 12.4. The third kappa shape index (κ3) is 8.26. The molecule has 0 fully saturated rings. The second kappa shape index (κ2) is 13.9. The molecule has 3 rings (SSSR count). The van der Waals surface area contributed by atoms with Crippen LogP contribution in [0.2, 0.25) is 10.0 Å². The minimum Gasteiger partial charge on any atom is -0.490 e. The van der Waals surface area contributed by atoms with Crippen molar-refractivity contribution in [3.8, 4) is 11.5 Å². The molecule has 2 amide bonds. The van der Waals surface area contributed by atoms with Crippen LogP contribution in [0.3, 0.4) is 0 Å². The van der Waals surface area contributed by atoms with E-state index in [1.54, 1.807) is 12.1 Å². The summed E-state index contributed by atoms with van der Waals surface area (Å²) >= 11 is 15.3. The van der Waals surface area contributed by atoms with E-state index in [9.17, 15) is 9.59 Å². The number of benzene rings is 3. The molecule has 0 atom stereocenters. The minimum atomic E-state index is -0.354. The number of hydrogen-bond acceptors (Lipinski definition) is 5. The van der Waals surface area contributed by atoms with Crippen molar-refractivity contribution in [3.05, 3.63) is 91.9 Å². The largest absolute Gasteiger partial charge is 0.490 e. The lowest BCUT2D eigenvalue weighted by Gasteiger charge is -2.14. The van der Waals surface area contributed by atoms with Gasteiger partial charge in [-0.2, -0.15) is 5.10 Å². The zero-order valence-corrected chi connectivity index (χ0v) is 22.5. The van der Waals surface area contributed by atoms with E-state index >= 15 is 0 Å². The first-order valence-corrected chi connectivity index (χ1v) is 12.6. The summed E-state index contributed by atoms with van der Waals surface area (Å²) in [7, 11) is 0. The zero-order valence-electron chi connectivity index (χ0n) is 19.4. The van der Waals surface area contributed by atoms with E-state index in [0.29, 0.717) is 45.3 Å². The molecule has 0 saturated heterocycles. The summed E-state index contributed by atoms with van der Waals surface area (Å²) in [5.74, 6) is 0.431. The maximum atomic E-state index is 12.2. The molecule has 2 N–H and O–H groups in total. The molecule has 0 heterocycles. The van der Waals surface area contributed by atoms with Gasteiger partial charge in [-0.3, -0.25) is 9.59 Å². The van der Waals surface area contributed by atoms with E-state index in [1.165, 1.54) is 18.3 Å². The maximum Gasteiger partial charge on any atom is 0.251 e. The molecule has 0 radical (unpaired) electrons. The van der Waals surface area contributed by atoms with Gasteiger partial charge in [0.1, 0.15) is 6.61 Å². The zero-order chi connectivity index (χ0) is 25.9. The first-order valence-electron chi connectivity index (χ1n) is 11.1. The SMILES string of the molecule is CCOc1cc(C=NNC(=O)CCNC(=O)c2ccc(Cl)c(Cl)c2)cc(Br)c1OCc1ccccc1. The van der Waals surface area contributed by atoms with Gasteiger partial charge in [0.25, 0.3) is 5.91 Å². The number of carbonyl (C=O) groups is 2. The third-order valence-corrected chi connectivity index (χ3v) is 6.11. The van der Waals surface area contributed by atoms with Crippen molar-refractivity contribution >= 4 is 57.2 Å². The van der Waals surface area contributed by atoms with E-state index < -0.39 is 0 Å². The molecule has 0 saturated carbocycles. The van der Waals surface area contributed by atoms with Crippen molar-refractivity contribution in [2.24, 2.45) is 5.10 Å². The average Bonchev–Trinajstić information content (AvgIpc) is 2.86. The summed E-state index contributed by atoms with van der Waals surface area (Å²) in [4.78, 5) is 24.3. The predicted molar refractivity (Wildman–Crippen MR) is 145 cm³/mol. The van der Waals surface area contributed by atoms with Gasteiger partial charge in [0.05, 0.1) is 27.3 Å². The van der Waals surface area contributed by atoms with Gasteiger partial charge in [-0.25, -0.2) is 5.43 Å². The van der Waals surface area contributed by atoms with Crippen LogP contribution in [0.25, 0.3) is 0 Å². The van der Waals surface area contributed by atoms with E-state index in [1.807, 2.05) is 43.3 Å². The molecule has 7 nitrogen and oxygen atoms in total. The van der Waals surface area contributed by atoms with Crippen LogP contribution in [0.5, 0.6) is 11.5 Å². The number of hydrogen-bond donors (Lipinski definition) is 2. The third-order valence-electron chi connectivity index (χ3n) is 4.78. The Morgan fingerprint density at radius 1 is 1.03 bits per heavy atom. The molecular formula is C26H24BrCl2N3O4. The van der Waals surface area contributed by atoms with Crippen molar-refractivity contribution in [3.63, 3.8) is 0 Å². The number of ether oxygens (including phenoxy) is 2. The molecule has 188 valence electrons. The van der Waals surface area contributed by atoms with Crippen molar-refractivity contribution < 1.29 is 19.1 Å². The summed E-state index contributed by atoms with van der Waals surface area (Å²) in [6.07, 6.45) is 1.55. The number of nitrogens with one attached hydrogen (secondary N) is 2. The standard InChI is InChI=1S/C26H24BrCl2N3O4/c1-2-35-23-13-18(12-20(27)25(23)36-16-17-6-4-3-5-7-17)15-31-32-24(33)10-11-30-26(34)19-8-9-21(28)22(29)14-19/h3-9,12-15H,2,10-11,16H2,1H3,(H,30,34)(H,32,33). The first-order chi connectivity index (χ1) is 17.4. The van der Waals surface area contributed by atoms with Gasteiger partial charge in [0, 0.05) is 18.5 Å². The molecular weight excluding hydrogens is 569 g/mol. The lowest BCUT2D eigenvalue weighted by Crippen LogP contribution is -2.29. The Kier molecular flexibility index (Phi) is 10.6. The second-order valence-corrected chi connectivity index (χ2v) is 9.13. The van der Waals surface area contributed by atoms with Crippen LogP contribution in [0.15, 0.2) is 70.2 Å². The molecule has 36 heavy (non-hydrogen) atoms. The summed E-state index contributed by atoms with van der Waals surface area (Å²) in [6.45, 7) is 2.87. The first kappa shape index (κ1) is 27.5. The monoisotopic (exact) mass is 591 g/mol. The van der Waals surface area contributed by atoms with E-state index in [4.69, 9.17) is 32.7 Å². The van der Waals surface area contributed by atoms with Crippen LogP contribution in [0.1, 0.15) is 34.8 Å². The minimum absolute atomic E-state index is 0.0462. The molecule has 0 aliphatic carbocycles. The van der Waals surface area contributed by atoms with Gasteiger partial charge in [-0.15, -0.1) is 0 Å². The number of carbonyl (C=O) groups excluding carboxylic acids is 2. The Morgan fingerprint density at radius 3 is 2.53 bits per heavy atom. The molecule has 3 aromatic carbocycles. The highest BCUT2D eigenvalue weighted by Crippen LogP contribution is 2.37. The van der Waals surface area contributed by atoms with Crippen molar-refractivity contribution in [2.45, 2.75) is 20.0 Å². The maximum absolute atomic E-state index is 12.2. The summed E-state index contributed by atoms with van der Waals surface area (Å²) in [5.41, 5.74) is 4.54. The van der Waals surface area contributed by atoms with Crippen LogP contribution in [-0.2, 0) is 11.4 Å². The Labute approximate surface area is 227 Å². The molecule has 0 aliphatic rings. The van der Waals surface area contributed by atoms with Crippen LogP contribution < -0.4 is 20.2 Å². The average molecular weight is 593 g/mol. The fourth-order valence-corrected chi connectivity index (χ4v) is 3.93. The topological polar surface area (TPSA) is 89.0 Å². The normalized spacial score (nSPS) is 10.8. The summed E-state index contributed by atoms with van der Waals surface area (Å²) in [5, 5.41) is 7.30. The van der Waals surface area contributed by atoms with Crippen LogP contribution in [0, 0.1) is 0 Å². The molecule has 0 bridgehead atoms.